The maximum atomic E-state index is 3.63. The number of hydrogen-bond donors (Lipinski definition) is 0. The van der Waals surface area contributed by atoms with E-state index >= 15 is 0 Å². The van der Waals surface area contributed by atoms with Gasteiger partial charge in [0.15, 0.2) is 0 Å². The molecule has 0 fully saturated rings. The van der Waals surface area contributed by atoms with Crippen LogP contribution in [0.25, 0.3) is 0 Å². The Bertz CT molecular complexity index is 209. The molecule has 1 heteroatoms. The van der Waals surface area contributed by atoms with Gasteiger partial charge in [-0.25, -0.2) is 0 Å². The Hall–Kier alpha value is -0.326. The number of rotatable bonds is 4. The van der Waals surface area contributed by atoms with E-state index in [0.717, 1.165) is 0 Å². The van der Waals surface area contributed by atoms with Crippen LogP contribution in [0.15, 0.2) is 46.9 Å². The van der Waals surface area contributed by atoms with Gasteiger partial charge in [-0.15, -0.1) is 0 Å². The standard InChI is InChI=1S/C5H5.C5H7.Ti/c1-2-4-5-3-1;1-3-5-4-2;/h1-3H,4H2;3-5H,1-2H2;. The molecule has 0 heterocycles. The van der Waals surface area contributed by atoms with Crippen LogP contribution in [-0.2, 0) is 19.2 Å². The molecule has 0 nitrogen and oxygen atoms in total. The Kier molecular flexibility index (Phi) is 4.26. The molecule has 0 radical (unpaired) electrons. The van der Waals surface area contributed by atoms with E-state index in [1.807, 2.05) is 12.2 Å². The third-order valence-corrected chi connectivity index (χ3v) is 3.47. The van der Waals surface area contributed by atoms with Crippen LogP contribution in [0.3, 0.4) is 0 Å². The van der Waals surface area contributed by atoms with E-state index < -0.39 is 0 Å². The summed E-state index contributed by atoms with van der Waals surface area (Å²) in [7, 11) is 0. The van der Waals surface area contributed by atoms with Gasteiger partial charge in [-0.3, -0.25) is 0 Å². The number of allylic oxidation sites excluding steroid dienone is 7. The van der Waals surface area contributed by atoms with Gasteiger partial charge in [0.05, 0.1) is 0 Å². The SMILES string of the molecule is C=CC=C[CH2][Ti][C]1=CC=CC1. The minimum absolute atomic E-state index is 0.147. The zero-order chi connectivity index (χ0) is 7.94. The molecule has 0 unspecified atom stereocenters. The summed E-state index contributed by atoms with van der Waals surface area (Å²) in [5.74, 6) is 0. The molecule has 0 saturated carbocycles. The minimum atomic E-state index is 0.147. The molecule has 1 aliphatic rings. The monoisotopic (exact) mass is 180 g/mol. The van der Waals surface area contributed by atoms with Crippen LogP contribution in [0.2, 0.25) is 4.73 Å². The normalized spacial score (nSPS) is 15.5. The molecule has 1 aliphatic carbocycles. The van der Waals surface area contributed by atoms with Gasteiger partial charge in [-0.2, -0.15) is 0 Å². The fourth-order valence-corrected chi connectivity index (χ4v) is 2.48. The summed E-state index contributed by atoms with van der Waals surface area (Å²) < 4.78 is 2.93. The van der Waals surface area contributed by atoms with E-state index in [0.29, 0.717) is 0 Å². The van der Waals surface area contributed by atoms with Crippen molar-refractivity contribution < 1.29 is 19.2 Å². The van der Waals surface area contributed by atoms with Gasteiger partial charge < -0.3 is 0 Å². The average Bonchev–Trinajstić information content (AvgIpc) is 2.50. The predicted octanol–water partition coefficient (Wildman–Crippen LogP) is 3.07. The summed E-state index contributed by atoms with van der Waals surface area (Å²) in [5.41, 5.74) is 0. The second-order valence-electron chi connectivity index (χ2n) is 2.37. The van der Waals surface area contributed by atoms with Crippen LogP contribution >= 0.6 is 0 Å². The zero-order valence-electron chi connectivity index (χ0n) is 6.59. The fraction of sp³-hybridized carbons (Fsp3) is 0.200. The quantitative estimate of drug-likeness (QED) is 0.460. The first-order valence-electron chi connectivity index (χ1n) is 3.80. The molecular weight excluding hydrogens is 168 g/mol. The van der Waals surface area contributed by atoms with Crippen molar-refractivity contribution in [1.82, 2.24) is 0 Å². The van der Waals surface area contributed by atoms with Crippen LogP contribution in [0.5, 0.6) is 0 Å². The maximum absolute atomic E-state index is 3.63. The molecule has 0 spiro atoms. The predicted molar refractivity (Wildman–Crippen MR) is 46.0 cm³/mol. The van der Waals surface area contributed by atoms with Crippen molar-refractivity contribution in [2.75, 3.05) is 0 Å². The van der Waals surface area contributed by atoms with Crippen LogP contribution in [0.1, 0.15) is 6.42 Å². The van der Waals surface area contributed by atoms with Crippen LogP contribution in [-0.4, -0.2) is 0 Å². The van der Waals surface area contributed by atoms with Crippen molar-refractivity contribution in [3.63, 3.8) is 0 Å². The molecule has 0 amide bonds. The van der Waals surface area contributed by atoms with E-state index in [9.17, 15) is 0 Å². The second kappa shape index (κ2) is 5.34. The van der Waals surface area contributed by atoms with E-state index in [1.165, 1.54) is 11.1 Å². The molecule has 0 aromatic rings. The summed E-state index contributed by atoms with van der Waals surface area (Å²) in [6.07, 6.45) is 14.0. The first-order chi connectivity index (χ1) is 5.43. The summed E-state index contributed by atoms with van der Waals surface area (Å²) in [6.45, 7) is 3.63. The Balaban J connectivity index is 2.13. The third-order valence-electron chi connectivity index (χ3n) is 1.49. The molecule has 56 valence electrons. The molecule has 1 rings (SSSR count). The van der Waals surface area contributed by atoms with Crippen molar-refractivity contribution in [2.24, 2.45) is 0 Å². The van der Waals surface area contributed by atoms with Crippen LogP contribution in [0.4, 0.5) is 0 Å². The molecule has 0 atom stereocenters. The number of hydrogen-bond acceptors (Lipinski definition) is 0. The van der Waals surface area contributed by atoms with Crippen molar-refractivity contribution in [3.8, 4) is 0 Å². The van der Waals surface area contributed by atoms with Crippen molar-refractivity contribution in [1.29, 1.82) is 0 Å². The molecular formula is C10H12Ti. The molecule has 0 aliphatic heterocycles. The summed E-state index contributed by atoms with van der Waals surface area (Å²) in [4.78, 5) is 0. The van der Waals surface area contributed by atoms with Gasteiger partial charge in [0, 0.05) is 0 Å². The average molecular weight is 180 g/mol. The first kappa shape index (κ1) is 8.77. The van der Waals surface area contributed by atoms with E-state index in [4.69, 9.17) is 0 Å². The molecule has 0 bridgehead atoms. The Morgan fingerprint density at radius 3 is 3.18 bits per heavy atom. The summed E-state index contributed by atoms with van der Waals surface area (Å²) in [5, 5.41) is 0. The third kappa shape index (κ3) is 3.55. The van der Waals surface area contributed by atoms with Crippen LogP contribution in [0, 0.1) is 0 Å². The molecule has 11 heavy (non-hydrogen) atoms. The van der Waals surface area contributed by atoms with Crippen molar-refractivity contribution in [2.45, 2.75) is 11.1 Å². The topological polar surface area (TPSA) is 0 Å². The van der Waals surface area contributed by atoms with Crippen LogP contribution < -0.4 is 0 Å². The van der Waals surface area contributed by atoms with Crippen molar-refractivity contribution >= 4 is 0 Å². The van der Waals surface area contributed by atoms with Gasteiger partial charge in [0.25, 0.3) is 0 Å². The molecule has 0 N–H and O–H groups in total. The first-order valence-corrected chi connectivity index (χ1v) is 5.69. The van der Waals surface area contributed by atoms with Gasteiger partial charge in [0.2, 0.25) is 0 Å². The van der Waals surface area contributed by atoms with Gasteiger partial charge >= 0.3 is 77.2 Å². The van der Waals surface area contributed by atoms with E-state index in [-0.39, 0.29) is 19.2 Å². The van der Waals surface area contributed by atoms with Gasteiger partial charge in [-0.1, -0.05) is 0 Å². The van der Waals surface area contributed by atoms with E-state index in [1.54, 1.807) is 3.88 Å². The van der Waals surface area contributed by atoms with E-state index in [2.05, 4.69) is 30.9 Å². The Morgan fingerprint density at radius 1 is 1.64 bits per heavy atom. The summed E-state index contributed by atoms with van der Waals surface area (Å²) >= 11 is 0.147. The Labute approximate surface area is 77.3 Å². The molecule has 0 aromatic carbocycles. The van der Waals surface area contributed by atoms with Gasteiger partial charge in [-0.05, 0) is 0 Å². The summed E-state index contributed by atoms with van der Waals surface area (Å²) in [6, 6.07) is 0. The Morgan fingerprint density at radius 2 is 2.55 bits per heavy atom. The van der Waals surface area contributed by atoms with Gasteiger partial charge in [0.1, 0.15) is 0 Å². The second-order valence-corrected chi connectivity index (χ2v) is 4.56. The fourth-order valence-electron chi connectivity index (χ4n) is 0.933. The molecule has 0 aromatic heterocycles. The zero-order valence-corrected chi connectivity index (χ0v) is 8.15. The molecule has 0 saturated heterocycles. The van der Waals surface area contributed by atoms with Crippen molar-refractivity contribution in [3.05, 3.63) is 46.9 Å².